The van der Waals surface area contributed by atoms with Gasteiger partial charge in [-0.25, -0.2) is 4.98 Å². The molecule has 1 aliphatic rings. The van der Waals surface area contributed by atoms with Crippen LogP contribution >= 0.6 is 0 Å². The molecule has 0 atom stereocenters. The minimum absolute atomic E-state index is 0.575. The number of ether oxygens (including phenoxy) is 1. The molecule has 0 unspecified atom stereocenters. The summed E-state index contributed by atoms with van der Waals surface area (Å²) in [5, 5.41) is 12.4. The number of methoxy groups -OCH3 is 1. The van der Waals surface area contributed by atoms with E-state index < -0.39 is 0 Å². The van der Waals surface area contributed by atoms with E-state index >= 15 is 0 Å². The summed E-state index contributed by atoms with van der Waals surface area (Å²) in [6, 6.07) is 4.23. The molecule has 0 radical (unpaired) electrons. The quantitative estimate of drug-likeness (QED) is 0.736. The van der Waals surface area contributed by atoms with Crippen LogP contribution in [-0.4, -0.2) is 36.9 Å². The molecule has 0 saturated heterocycles. The van der Waals surface area contributed by atoms with Crippen LogP contribution in [0.1, 0.15) is 24.6 Å². The third-order valence-electron chi connectivity index (χ3n) is 4.45. The maximum absolute atomic E-state index is 5.58. The zero-order valence-electron chi connectivity index (χ0n) is 14.2. The van der Waals surface area contributed by atoms with Crippen LogP contribution in [0.5, 0.6) is 5.75 Å². The van der Waals surface area contributed by atoms with E-state index in [1.807, 2.05) is 6.33 Å². The van der Waals surface area contributed by atoms with Crippen molar-refractivity contribution in [2.24, 2.45) is 7.05 Å². The molecule has 3 heterocycles. The Hall–Kier alpha value is -2.70. The lowest BCUT2D eigenvalue weighted by Gasteiger charge is -2.21. The molecule has 2 aromatic heterocycles. The van der Waals surface area contributed by atoms with Gasteiger partial charge in [-0.05, 0) is 35.8 Å². The molecule has 3 aromatic rings. The first kappa shape index (κ1) is 14.9. The Morgan fingerprint density at radius 1 is 1.25 bits per heavy atom. The molecule has 7 heteroatoms. The molecule has 1 aliphatic heterocycles. The lowest BCUT2D eigenvalue weighted by molar-refractivity contribution is 0.415. The maximum atomic E-state index is 5.58. The lowest BCUT2D eigenvalue weighted by atomic mass is 9.93. The summed E-state index contributed by atoms with van der Waals surface area (Å²) in [5.41, 5.74) is 5.71. The van der Waals surface area contributed by atoms with Crippen LogP contribution in [0.3, 0.4) is 0 Å². The van der Waals surface area contributed by atoms with E-state index in [-0.39, 0.29) is 0 Å². The van der Waals surface area contributed by atoms with E-state index in [0.29, 0.717) is 5.82 Å². The Morgan fingerprint density at radius 2 is 2.12 bits per heavy atom. The predicted octanol–water partition coefficient (Wildman–Crippen LogP) is 2.26. The first-order valence-corrected chi connectivity index (χ1v) is 8.21. The normalized spacial score (nSPS) is 12.8. The average molecular weight is 324 g/mol. The number of tetrazole rings is 1. The molecule has 4 rings (SSSR count). The molecule has 0 N–H and O–H groups in total. The van der Waals surface area contributed by atoms with Gasteiger partial charge in [-0.2, -0.15) is 4.80 Å². The van der Waals surface area contributed by atoms with Crippen LogP contribution in [-0.2, 0) is 26.4 Å². The molecule has 124 valence electrons. The fraction of sp³-hybridized carbons (Fsp3) is 0.412. The van der Waals surface area contributed by atoms with Crippen molar-refractivity contribution in [2.45, 2.75) is 32.7 Å². The number of aryl methyl sites for hydroxylation is 4. The van der Waals surface area contributed by atoms with E-state index in [0.717, 1.165) is 42.8 Å². The van der Waals surface area contributed by atoms with Crippen molar-refractivity contribution in [1.82, 2.24) is 29.8 Å². The van der Waals surface area contributed by atoms with Crippen molar-refractivity contribution >= 4 is 0 Å². The summed E-state index contributed by atoms with van der Waals surface area (Å²) in [6.45, 7) is 3.13. The largest absolute Gasteiger partial charge is 0.496 e. The second-order valence-electron chi connectivity index (χ2n) is 6.05. The van der Waals surface area contributed by atoms with E-state index in [1.54, 1.807) is 14.2 Å². The molecule has 1 aromatic carbocycles. The molecule has 0 saturated carbocycles. The number of hydrogen-bond acceptors (Lipinski definition) is 5. The highest BCUT2D eigenvalue weighted by atomic mass is 16.5. The number of benzene rings is 1. The number of hydrogen-bond donors (Lipinski definition) is 0. The van der Waals surface area contributed by atoms with Crippen molar-refractivity contribution in [2.75, 3.05) is 7.11 Å². The summed E-state index contributed by atoms with van der Waals surface area (Å²) in [7, 11) is 3.44. The van der Waals surface area contributed by atoms with E-state index in [1.165, 1.54) is 21.6 Å². The summed E-state index contributed by atoms with van der Waals surface area (Å²) < 4.78 is 7.83. The number of fused-ring (bicyclic) bond motifs is 3. The van der Waals surface area contributed by atoms with Gasteiger partial charge >= 0.3 is 0 Å². The van der Waals surface area contributed by atoms with Crippen LogP contribution in [0, 0.1) is 0 Å². The minimum Gasteiger partial charge on any atom is -0.496 e. The van der Waals surface area contributed by atoms with Gasteiger partial charge in [0.1, 0.15) is 5.75 Å². The second-order valence-corrected chi connectivity index (χ2v) is 6.05. The van der Waals surface area contributed by atoms with Gasteiger partial charge < -0.3 is 9.30 Å². The van der Waals surface area contributed by atoms with Crippen LogP contribution < -0.4 is 4.74 Å². The smallest absolute Gasteiger partial charge is 0.208 e. The van der Waals surface area contributed by atoms with Crippen molar-refractivity contribution in [3.8, 4) is 28.4 Å². The van der Waals surface area contributed by atoms with Crippen LogP contribution in [0.15, 0.2) is 18.5 Å². The highest BCUT2D eigenvalue weighted by Crippen LogP contribution is 2.39. The number of rotatable bonds is 4. The molecule has 0 spiro atoms. The number of imidazole rings is 1. The van der Waals surface area contributed by atoms with Crippen LogP contribution in [0.4, 0.5) is 0 Å². The SMILES string of the molecule is CCCc1ncn2c1-c1cc(-c3nnn(C)n3)c(OC)cc1CC2. The maximum Gasteiger partial charge on any atom is 0.208 e. The van der Waals surface area contributed by atoms with Crippen molar-refractivity contribution in [1.29, 1.82) is 0 Å². The lowest BCUT2D eigenvalue weighted by Crippen LogP contribution is -2.11. The molecule has 0 aliphatic carbocycles. The van der Waals surface area contributed by atoms with Gasteiger partial charge in [-0.3, -0.25) is 0 Å². The minimum atomic E-state index is 0.575. The first-order valence-electron chi connectivity index (χ1n) is 8.21. The molecule has 7 nitrogen and oxygen atoms in total. The highest BCUT2D eigenvalue weighted by Gasteiger charge is 2.24. The van der Waals surface area contributed by atoms with Gasteiger partial charge in [-0.1, -0.05) is 13.3 Å². The summed E-state index contributed by atoms with van der Waals surface area (Å²) in [6.07, 6.45) is 4.98. The van der Waals surface area contributed by atoms with Crippen molar-refractivity contribution < 1.29 is 4.74 Å². The third-order valence-corrected chi connectivity index (χ3v) is 4.45. The number of nitrogens with zero attached hydrogens (tertiary/aromatic N) is 6. The summed E-state index contributed by atoms with van der Waals surface area (Å²) in [5.74, 6) is 1.36. The summed E-state index contributed by atoms with van der Waals surface area (Å²) in [4.78, 5) is 6.08. The van der Waals surface area contributed by atoms with E-state index in [9.17, 15) is 0 Å². The second kappa shape index (κ2) is 5.74. The zero-order chi connectivity index (χ0) is 16.7. The first-order chi connectivity index (χ1) is 11.7. The molecule has 24 heavy (non-hydrogen) atoms. The van der Waals surface area contributed by atoms with Gasteiger partial charge in [0.25, 0.3) is 0 Å². The zero-order valence-corrected chi connectivity index (χ0v) is 14.2. The predicted molar refractivity (Wildman–Crippen MR) is 89.7 cm³/mol. The Kier molecular flexibility index (Phi) is 3.55. The van der Waals surface area contributed by atoms with E-state index in [4.69, 9.17) is 4.74 Å². The molecule has 0 bridgehead atoms. The van der Waals surface area contributed by atoms with Gasteiger partial charge in [-0.15, -0.1) is 10.2 Å². The standard InChI is InChI=1S/C17H20N6O/c1-4-5-14-16-12-9-13(17-19-21-22(2)20-17)15(24-3)8-11(12)6-7-23(16)10-18-14/h8-10H,4-7H2,1-3H3. The molecular formula is C17H20N6O. The Labute approximate surface area is 140 Å². The van der Waals surface area contributed by atoms with Gasteiger partial charge in [0.05, 0.1) is 37.4 Å². The molecule has 0 fully saturated rings. The van der Waals surface area contributed by atoms with Crippen LogP contribution in [0.25, 0.3) is 22.6 Å². The summed E-state index contributed by atoms with van der Waals surface area (Å²) >= 11 is 0. The van der Waals surface area contributed by atoms with Gasteiger partial charge in [0.15, 0.2) is 0 Å². The van der Waals surface area contributed by atoms with Gasteiger partial charge in [0.2, 0.25) is 5.82 Å². The molecular weight excluding hydrogens is 304 g/mol. The highest BCUT2D eigenvalue weighted by molar-refractivity contribution is 5.77. The molecule has 0 amide bonds. The third kappa shape index (κ3) is 2.28. The topological polar surface area (TPSA) is 70.7 Å². The average Bonchev–Trinajstić information content (AvgIpc) is 3.20. The monoisotopic (exact) mass is 324 g/mol. The Morgan fingerprint density at radius 3 is 2.83 bits per heavy atom. The van der Waals surface area contributed by atoms with Gasteiger partial charge in [0, 0.05) is 12.1 Å². The Balaban J connectivity index is 1.92. The Bertz CT molecular complexity index is 895. The fourth-order valence-electron chi connectivity index (χ4n) is 3.35. The number of aromatic nitrogens is 6. The van der Waals surface area contributed by atoms with Crippen molar-refractivity contribution in [3.05, 3.63) is 29.7 Å². The fourth-order valence-corrected chi connectivity index (χ4v) is 3.35. The van der Waals surface area contributed by atoms with Crippen molar-refractivity contribution in [3.63, 3.8) is 0 Å². The van der Waals surface area contributed by atoms with E-state index in [2.05, 4.69) is 44.0 Å². The van der Waals surface area contributed by atoms with Crippen LogP contribution in [0.2, 0.25) is 0 Å².